The molecule has 106 valence electrons. The van der Waals surface area contributed by atoms with Crippen LogP contribution >= 0.6 is 0 Å². The van der Waals surface area contributed by atoms with Crippen molar-refractivity contribution in [3.05, 3.63) is 0 Å². The molecule has 0 amide bonds. The van der Waals surface area contributed by atoms with Crippen molar-refractivity contribution in [1.82, 2.24) is 9.62 Å². The van der Waals surface area contributed by atoms with Gasteiger partial charge in [-0.25, -0.2) is 12.7 Å². The average molecular weight is 276 g/mol. The van der Waals surface area contributed by atoms with Gasteiger partial charge in [0.1, 0.15) is 0 Å². The van der Waals surface area contributed by atoms with Crippen LogP contribution in [0.5, 0.6) is 0 Å². The van der Waals surface area contributed by atoms with E-state index >= 15 is 0 Å². The van der Waals surface area contributed by atoms with Gasteiger partial charge in [-0.05, 0) is 32.1 Å². The minimum Gasteiger partial charge on any atom is -0.381 e. The van der Waals surface area contributed by atoms with Crippen LogP contribution in [0.1, 0.15) is 26.2 Å². The number of hydrogen-bond donors (Lipinski definition) is 1. The first kappa shape index (κ1) is 14.2. The van der Waals surface area contributed by atoms with Crippen molar-refractivity contribution >= 4 is 10.0 Å². The molecule has 2 aliphatic rings. The number of ether oxygens (including phenoxy) is 1. The fourth-order valence-corrected chi connectivity index (χ4v) is 3.73. The monoisotopic (exact) mass is 276 g/mol. The van der Waals surface area contributed by atoms with E-state index in [4.69, 9.17) is 4.74 Å². The molecule has 1 N–H and O–H groups in total. The smallest absolute Gasteiger partial charge is 0.213 e. The molecule has 2 saturated heterocycles. The summed E-state index contributed by atoms with van der Waals surface area (Å²) >= 11 is 0. The van der Waals surface area contributed by atoms with Crippen LogP contribution in [-0.4, -0.2) is 57.4 Å². The normalized spacial score (nSPS) is 27.7. The Balaban J connectivity index is 1.70. The SMILES string of the molecule is CCS(=O)(=O)N1CCC(NCC2CCOC2)CC1. The zero-order chi connectivity index (χ0) is 13.0. The Morgan fingerprint density at radius 2 is 2.00 bits per heavy atom. The summed E-state index contributed by atoms with van der Waals surface area (Å²) in [6.45, 7) is 5.80. The van der Waals surface area contributed by atoms with Crippen molar-refractivity contribution in [3.63, 3.8) is 0 Å². The van der Waals surface area contributed by atoms with E-state index in [0.29, 0.717) is 25.0 Å². The molecule has 0 bridgehead atoms. The summed E-state index contributed by atoms with van der Waals surface area (Å²) in [5.41, 5.74) is 0. The second-order valence-corrected chi connectivity index (χ2v) is 7.47. The van der Waals surface area contributed by atoms with Gasteiger partial charge < -0.3 is 10.1 Å². The van der Waals surface area contributed by atoms with E-state index in [9.17, 15) is 8.42 Å². The van der Waals surface area contributed by atoms with Crippen LogP contribution in [0.15, 0.2) is 0 Å². The van der Waals surface area contributed by atoms with Gasteiger partial charge in [-0.2, -0.15) is 0 Å². The van der Waals surface area contributed by atoms with Crippen LogP contribution in [0, 0.1) is 5.92 Å². The molecule has 0 spiro atoms. The van der Waals surface area contributed by atoms with Crippen LogP contribution in [0.3, 0.4) is 0 Å². The van der Waals surface area contributed by atoms with Crippen LogP contribution in [0.4, 0.5) is 0 Å². The molecule has 0 saturated carbocycles. The topological polar surface area (TPSA) is 58.6 Å². The summed E-state index contributed by atoms with van der Waals surface area (Å²) in [5, 5.41) is 3.55. The molecule has 0 aromatic carbocycles. The Morgan fingerprint density at radius 3 is 2.56 bits per heavy atom. The third kappa shape index (κ3) is 3.66. The molecule has 1 unspecified atom stereocenters. The van der Waals surface area contributed by atoms with Crippen molar-refractivity contribution < 1.29 is 13.2 Å². The summed E-state index contributed by atoms with van der Waals surface area (Å²) < 4.78 is 30.4. The van der Waals surface area contributed by atoms with Gasteiger partial charge in [0.25, 0.3) is 0 Å². The summed E-state index contributed by atoms with van der Waals surface area (Å²) in [7, 11) is -2.99. The third-order valence-corrected chi connectivity index (χ3v) is 5.81. The van der Waals surface area contributed by atoms with Crippen molar-refractivity contribution in [2.45, 2.75) is 32.2 Å². The number of rotatable bonds is 5. The van der Waals surface area contributed by atoms with Crippen molar-refractivity contribution in [2.75, 3.05) is 38.6 Å². The standard InChI is InChI=1S/C12H24N2O3S/c1-2-18(15,16)14-6-3-12(4-7-14)13-9-11-5-8-17-10-11/h11-13H,2-10H2,1H3. The lowest BCUT2D eigenvalue weighted by atomic mass is 10.0. The first-order valence-electron chi connectivity index (χ1n) is 6.90. The lowest BCUT2D eigenvalue weighted by Gasteiger charge is -2.32. The van der Waals surface area contributed by atoms with E-state index in [-0.39, 0.29) is 5.75 Å². The van der Waals surface area contributed by atoms with Crippen molar-refractivity contribution in [2.24, 2.45) is 5.92 Å². The molecular formula is C12H24N2O3S. The third-order valence-electron chi connectivity index (χ3n) is 3.93. The predicted molar refractivity (Wildman–Crippen MR) is 71.0 cm³/mol. The average Bonchev–Trinajstić information content (AvgIpc) is 2.90. The Labute approximate surface area is 110 Å². The molecule has 18 heavy (non-hydrogen) atoms. The zero-order valence-electron chi connectivity index (χ0n) is 11.1. The lowest BCUT2D eigenvalue weighted by molar-refractivity contribution is 0.183. The number of nitrogens with one attached hydrogen (secondary N) is 1. The van der Waals surface area contributed by atoms with Gasteiger partial charge in [0, 0.05) is 32.3 Å². The summed E-state index contributed by atoms with van der Waals surface area (Å²) in [6.07, 6.45) is 3.00. The molecular weight excluding hydrogens is 252 g/mol. The highest BCUT2D eigenvalue weighted by Gasteiger charge is 2.27. The Bertz CT molecular complexity index is 344. The molecule has 2 rings (SSSR count). The van der Waals surface area contributed by atoms with Gasteiger partial charge in [0.15, 0.2) is 0 Å². The largest absolute Gasteiger partial charge is 0.381 e. The first-order chi connectivity index (χ1) is 8.62. The minimum absolute atomic E-state index is 0.213. The zero-order valence-corrected chi connectivity index (χ0v) is 11.9. The van der Waals surface area contributed by atoms with Crippen LogP contribution in [0.25, 0.3) is 0 Å². The van der Waals surface area contributed by atoms with E-state index in [1.807, 2.05) is 0 Å². The van der Waals surface area contributed by atoms with E-state index in [1.54, 1.807) is 11.2 Å². The van der Waals surface area contributed by atoms with E-state index in [2.05, 4.69) is 5.32 Å². The van der Waals surface area contributed by atoms with E-state index in [0.717, 1.165) is 39.0 Å². The first-order valence-corrected chi connectivity index (χ1v) is 8.51. The van der Waals surface area contributed by atoms with Gasteiger partial charge >= 0.3 is 0 Å². The highest BCUT2D eigenvalue weighted by Crippen LogP contribution is 2.16. The Morgan fingerprint density at radius 1 is 1.28 bits per heavy atom. The molecule has 0 aliphatic carbocycles. The van der Waals surface area contributed by atoms with Crippen LogP contribution < -0.4 is 5.32 Å². The molecule has 0 aromatic heterocycles. The molecule has 2 heterocycles. The lowest BCUT2D eigenvalue weighted by Crippen LogP contribution is -2.46. The second-order valence-electron chi connectivity index (χ2n) is 5.21. The van der Waals surface area contributed by atoms with Gasteiger partial charge in [-0.15, -0.1) is 0 Å². The predicted octanol–water partition coefficient (Wildman–Crippen LogP) is 0.427. The Kier molecular flexibility index (Phi) is 5.00. The molecule has 6 heteroatoms. The quantitative estimate of drug-likeness (QED) is 0.791. The van der Waals surface area contributed by atoms with Crippen LogP contribution in [-0.2, 0) is 14.8 Å². The fourth-order valence-electron chi connectivity index (χ4n) is 2.60. The van der Waals surface area contributed by atoms with E-state index in [1.165, 1.54) is 0 Å². The van der Waals surface area contributed by atoms with Gasteiger partial charge in [-0.1, -0.05) is 0 Å². The van der Waals surface area contributed by atoms with Crippen molar-refractivity contribution in [1.29, 1.82) is 0 Å². The molecule has 0 radical (unpaired) electrons. The van der Waals surface area contributed by atoms with Gasteiger partial charge in [-0.3, -0.25) is 0 Å². The molecule has 5 nitrogen and oxygen atoms in total. The molecule has 1 atom stereocenters. The minimum atomic E-state index is -2.99. The maximum Gasteiger partial charge on any atom is 0.213 e. The van der Waals surface area contributed by atoms with Crippen molar-refractivity contribution in [3.8, 4) is 0 Å². The highest BCUT2D eigenvalue weighted by molar-refractivity contribution is 7.89. The van der Waals surface area contributed by atoms with Gasteiger partial charge in [0.2, 0.25) is 10.0 Å². The number of nitrogens with zero attached hydrogens (tertiary/aromatic N) is 1. The maximum atomic E-state index is 11.7. The second kappa shape index (κ2) is 6.32. The molecule has 2 fully saturated rings. The highest BCUT2D eigenvalue weighted by atomic mass is 32.2. The van der Waals surface area contributed by atoms with Crippen LogP contribution in [0.2, 0.25) is 0 Å². The maximum absolute atomic E-state index is 11.7. The molecule has 0 aromatic rings. The number of hydrogen-bond acceptors (Lipinski definition) is 4. The number of piperidine rings is 1. The van der Waals surface area contributed by atoms with Gasteiger partial charge in [0.05, 0.1) is 12.4 Å². The van der Waals surface area contributed by atoms with E-state index < -0.39 is 10.0 Å². The summed E-state index contributed by atoms with van der Waals surface area (Å²) in [4.78, 5) is 0. The molecule has 2 aliphatic heterocycles. The summed E-state index contributed by atoms with van der Waals surface area (Å²) in [6, 6.07) is 0.467. The fraction of sp³-hybridized carbons (Fsp3) is 1.00. The summed E-state index contributed by atoms with van der Waals surface area (Å²) in [5.74, 6) is 0.854. The Hall–Kier alpha value is -0.170. The number of sulfonamides is 1.